The van der Waals surface area contributed by atoms with E-state index >= 15 is 0 Å². The molecule has 0 radical (unpaired) electrons. The number of piperazine rings is 1. The summed E-state index contributed by atoms with van der Waals surface area (Å²) in [5.74, 6) is 2.19. The van der Waals surface area contributed by atoms with E-state index in [9.17, 15) is 4.79 Å². The monoisotopic (exact) mass is 422 g/mol. The molecule has 0 N–H and O–H groups in total. The molecule has 162 valence electrons. The summed E-state index contributed by atoms with van der Waals surface area (Å²) in [6.07, 6.45) is 0.340. The van der Waals surface area contributed by atoms with Crippen molar-refractivity contribution >= 4 is 5.91 Å². The molecule has 1 aromatic heterocycles. The van der Waals surface area contributed by atoms with Crippen LogP contribution in [0.3, 0.4) is 0 Å². The minimum Gasteiger partial charge on any atom is -0.493 e. The third-order valence-corrected chi connectivity index (χ3v) is 5.43. The largest absolute Gasteiger partial charge is 0.493 e. The molecule has 9 nitrogen and oxygen atoms in total. The number of amides is 1. The Bertz CT molecular complexity index is 1020. The molecule has 1 aliphatic heterocycles. The molecule has 4 rings (SSSR count). The summed E-state index contributed by atoms with van der Waals surface area (Å²) in [5.41, 5.74) is 1.85. The molecule has 0 aliphatic carbocycles. The summed E-state index contributed by atoms with van der Waals surface area (Å²) in [4.78, 5) is 17.0. The van der Waals surface area contributed by atoms with Gasteiger partial charge in [0.05, 0.1) is 32.9 Å². The van der Waals surface area contributed by atoms with E-state index in [4.69, 9.17) is 9.47 Å². The van der Waals surface area contributed by atoms with Crippen LogP contribution >= 0.6 is 0 Å². The Balaban J connectivity index is 1.32. The number of carbonyl (C=O) groups excluding carboxylic acids is 1. The number of aromatic nitrogens is 4. The van der Waals surface area contributed by atoms with Crippen LogP contribution in [0.4, 0.5) is 0 Å². The van der Waals surface area contributed by atoms with Crippen molar-refractivity contribution in [3.8, 4) is 17.2 Å². The lowest BCUT2D eigenvalue weighted by Crippen LogP contribution is -2.48. The molecule has 0 spiro atoms. The fourth-order valence-electron chi connectivity index (χ4n) is 3.71. The third kappa shape index (κ3) is 4.83. The van der Waals surface area contributed by atoms with Crippen LogP contribution in [0, 0.1) is 0 Å². The molecular formula is C22H26N6O3. The topological polar surface area (TPSA) is 85.6 Å². The first-order valence-electron chi connectivity index (χ1n) is 10.2. The highest BCUT2D eigenvalue weighted by molar-refractivity contribution is 5.79. The highest BCUT2D eigenvalue weighted by Crippen LogP contribution is 2.28. The number of benzene rings is 2. The molecular weight excluding hydrogens is 396 g/mol. The van der Waals surface area contributed by atoms with Gasteiger partial charge < -0.3 is 14.4 Å². The summed E-state index contributed by atoms with van der Waals surface area (Å²) >= 11 is 0. The van der Waals surface area contributed by atoms with Crippen LogP contribution in [0.25, 0.3) is 5.69 Å². The van der Waals surface area contributed by atoms with Gasteiger partial charge in [-0.1, -0.05) is 24.3 Å². The lowest BCUT2D eigenvalue weighted by Gasteiger charge is -2.34. The van der Waals surface area contributed by atoms with Crippen LogP contribution in [0.15, 0.2) is 48.5 Å². The van der Waals surface area contributed by atoms with Gasteiger partial charge in [0.2, 0.25) is 5.91 Å². The molecule has 3 aromatic rings. The van der Waals surface area contributed by atoms with E-state index in [1.54, 1.807) is 18.9 Å². The number of hydrogen-bond acceptors (Lipinski definition) is 7. The van der Waals surface area contributed by atoms with Crippen molar-refractivity contribution < 1.29 is 14.3 Å². The Kier molecular flexibility index (Phi) is 6.42. The second-order valence-electron chi connectivity index (χ2n) is 7.37. The fourth-order valence-corrected chi connectivity index (χ4v) is 3.71. The Morgan fingerprint density at radius 1 is 0.968 bits per heavy atom. The van der Waals surface area contributed by atoms with Crippen LogP contribution in [0.2, 0.25) is 0 Å². The molecule has 0 atom stereocenters. The Hall–Kier alpha value is -3.46. The molecule has 0 bridgehead atoms. The van der Waals surface area contributed by atoms with Crippen molar-refractivity contribution in [2.75, 3.05) is 40.4 Å². The first-order valence-corrected chi connectivity index (χ1v) is 10.2. The average molecular weight is 422 g/mol. The minimum absolute atomic E-state index is 0.112. The SMILES string of the molecule is COc1ccc(CC(=O)N2CCN(Cc3nnnn3-c3ccccc3)CC2)cc1OC. The quantitative estimate of drug-likeness (QED) is 0.571. The van der Waals surface area contributed by atoms with Crippen molar-refractivity contribution in [2.45, 2.75) is 13.0 Å². The zero-order valence-electron chi connectivity index (χ0n) is 17.8. The zero-order chi connectivity index (χ0) is 21.6. The molecule has 9 heteroatoms. The van der Waals surface area contributed by atoms with E-state index in [1.165, 1.54) is 0 Å². The number of nitrogens with zero attached hydrogens (tertiary/aromatic N) is 6. The maximum atomic E-state index is 12.8. The number of ether oxygens (including phenoxy) is 2. The summed E-state index contributed by atoms with van der Waals surface area (Å²) in [5, 5.41) is 12.1. The molecule has 0 saturated carbocycles. The predicted molar refractivity (Wildman–Crippen MR) is 114 cm³/mol. The standard InChI is InChI=1S/C22H26N6O3/c1-30-19-9-8-17(14-20(19)31-2)15-22(29)27-12-10-26(11-13-27)16-21-23-24-25-28(21)18-6-4-3-5-7-18/h3-9,14H,10-13,15-16H2,1-2H3. The van der Waals surface area contributed by atoms with Gasteiger partial charge in [0, 0.05) is 26.2 Å². The second kappa shape index (κ2) is 9.57. The molecule has 1 amide bonds. The summed E-state index contributed by atoms with van der Waals surface area (Å²) < 4.78 is 12.4. The first-order chi connectivity index (χ1) is 15.2. The van der Waals surface area contributed by atoms with E-state index in [1.807, 2.05) is 53.4 Å². The van der Waals surface area contributed by atoms with Crippen LogP contribution in [0.5, 0.6) is 11.5 Å². The van der Waals surface area contributed by atoms with Gasteiger partial charge in [0.1, 0.15) is 0 Å². The normalized spacial score (nSPS) is 14.5. The molecule has 0 unspecified atom stereocenters. The maximum Gasteiger partial charge on any atom is 0.227 e. The number of para-hydroxylation sites is 1. The molecule has 1 saturated heterocycles. The lowest BCUT2D eigenvalue weighted by molar-refractivity contribution is -0.132. The Morgan fingerprint density at radius 2 is 1.71 bits per heavy atom. The second-order valence-corrected chi connectivity index (χ2v) is 7.37. The lowest BCUT2D eigenvalue weighted by atomic mass is 10.1. The number of tetrazole rings is 1. The van der Waals surface area contributed by atoms with Crippen LogP contribution in [0.1, 0.15) is 11.4 Å². The van der Waals surface area contributed by atoms with Gasteiger partial charge in [0.25, 0.3) is 0 Å². The van der Waals surface area contributed by atoms with Gasteiger partial charge in [-0.3, -0.25) is 9.69 Å². The number of methoxy groups -OCH3 is 2. The van der Waals surface area contributed by atoms with Gasteiger partial charge in [-0.05, 0) is 40.3 Å². The van der Waals surface area contributed by atoms with Gasteiger partial charge in [0.15, 0.2) is 17.3 Å². The molecule has 1 aliphatic rings. The van der Waals surface area contributed by atoms with E-state index < -0.39 is 0 Å². The minimum atomic E-state index is 0.112. The fraction of sp³-hybridized carbons (Fsp3) is 0.364. The van der Waals surface area contributed by atoms with E-state index in [2.05, 4.69) is 20.4 Å². The highest BCUT2D eigenvalue weighted by atomic mass is 16.5. The molecule has 2 aromatic carbocycles. The van der Waals surface area contributed by atoms with Gasteiger partial charge in [-0.25, -0.2) is 0 Å². The predicted octanol–water partition coefficient (Wildman–Crippen LogP) is 1.57. The Morgan fingerprint density at radius 3 is 2.42 bits per heavy atom. The van der Waals surface area contributed by atoms with Crippen molar-refractivity contribution in [3.63, 3.8) is 0 Å². The maximum absolute atomic E-state index is 12.8. The summed E-state index contributed by atoms with van der Waals surface area (Å²) in [6.45, 7) is 3.55. The summed E-state index contributed by atoms with van der Waals surface area (Å²) in [6, 6.07) is 15.4. The summed E-state index contributed by atoms with van der Waals surface area (Å²) in [7, 11) is 3.19. The zero-order valence-corrected chi connectivity index (χ0v) is 17.8. The van der Waals surface area contributed by atoms with E-state index in [-0.39, 0.29) is 5.91 Å². The van der Waals surface area contributed by atoms with Crippen LogP contribution in [-0.4, -0.2) is 76.3 Å². The van der Waals surface area contributed by atoms with Crippen molar-refractivity contribution in [2.24, 2.45) is 0 Å². The van der Waals surface area contributed by atoms with Crippen molar-refractivity contribution in [3.05, 3.63) is 59.9 Å². The highest BCUT2D eigenvalue weighted by Gasteiger charge is 2.23. The van der Waals surface area contributed by atoms with Gasteiger partial charge in [-0.15, -0.1) is 5.10 Å². The van der Waals surface area contributed by atoms with Crippen molar-refractivity contribution in [1.82, 2.24) is 30.0 Å². The first kappa shape index (κ1) is 20.8. The number of hydrogen-bond donors (Lipinski definition) is 0. The average Bonchev–Trinajstić information content (AvgIpc) is 3.28. The van der Waals surface area contributed by atoms with Gasteiger partial charge >= 0.3 is 0 Å². The molecule has 2 heterocycles. The van der Waals surface area contributed by atoms with Crippen molar-refractivity contribution in [1.29, 1.82) is 0 Å². The smallest absolute Gasteiger partial charge is 0.227 e. The van der Waals surface area contributed by atoms with Gasteiger partial charge in [-0.2, -0.15) is 4.68 Å². The molecule has 1 fully saturated rings. The number of carbonyl (C=O) groups is 1. The van der Waals surface area contributed by atoms with E-state index in [0.29, 0.717) is 37.6 Å². The third-order valence-electron chi connectivity index (χ3n) is 5.43. The van der Waals surface area contributed by atoms with Crippen LogP contribution in [-0.2, 0) is 17.8 Å². The Labute approximate surface area is 181 Å². The number of rotatable bonds is 7. The molecule has 31 heavy (non-hydrogen) atoms. The van der Waals surface area contributed by atoms with Crippen LogP contribution < -0.4 is 9.47 Å². The van der Waals surface area contributed by atoms with E-state index in [0.717, 1.165) is 30.2 Å².